The molecule has 0 bridgehead atoms. The van der Waals surface area contributed by atoms with Gasteiger partial charge in [-0.1, -0.05) is 0 Å². The van der Waals surface area contributed by atoms with Gasteiger partial charge in [-0.3, -0.25) is 0 Å². The predicted octanol–water partition coefficient (Wildman–Crippen LogP) is 1.16. The number of aromatic nitrogens is 2. The van der Waals surface area contributed by atoms with E-state index in [4.69, 9.17) is 0 Å². The third-order valence-corrected chi connectivity index (χ3v) is 2.16. The number of nitrogens with one attached hydrogen (secondary N) is 1. The van der Waals surface area contributed by atoms with Gasteiger partial charge in [0.2, 0.25) is 0 Å². The number of aryl methyl sites for hydroxylation is 3. The molecule has 1 heterocycles. The van der Waals surface area contributed by atoms with Crippen LogP contribution in [0.4, 0.5) is 0 Å². The summed E-state index contributed by atoms with van der Waals surface area (Å²) in [4.78, 5) is 8.70. The van der Waals surface area contributed by atoms with Crippen molar-refractivity contribution in [3.05, 3.63) is 22.8 Å². The first kappa shape index (κ1) is 10.1. The maximum absolute atomic E-state index is 4.35. The summed E-state index contributed by atoms with van der Waals surface area (Å²) >= 11 is 0. The normalized spacial score (nSPS) is 10.5. The molecule has 1 N–H and O–H groups in total. The minimum Gasteiger partial charge on any atom is -0.319 e. The SMILES string of the molecule is CNCCc1c(C)nc(C)nc1C. The summed E-state index contributed by atoms with van der Waals surface area (Å²) in [5.41, 5.74) is 3.50. The van der Waals surface area contributed by atoms with E-state index in [2.05, 4.69) is 15.3 Å². The third kappa shape index (κ3) is 2.49. The fourth-order valence-corrected chi connectivity index (χ4v) is 1.52. The van der Waals surface area contributed by atoms with Crippen molar-refractivity contribution in [1.29, 1.82) is 0 Å². The molecule has 3 nitrogen and oxygen atoms in total. The van der Waals surface area contributed by atoms with Crippen LogP contribution >= 0.6 is 0 Å². The van der Waals surface area contributed by atoms with Crippen LogP contribution in [0.25, 0.3) is 0 Å². The first-order chi connectivity index (χ1) is 6.15. The quantitative estimate of drug-likeness (QED) is 0.756. The molecule has 0 saturated heterocycles. The van der Waals surface area contributed by atoms with E-state index in [1.54, 1.807) is 0 Å². The van der Waals surface area contributed by atoms with Crippen LogP contribution in [0.5, 0.6) is 0 Å². The summed E-state index contributed by atoms with van der Waals surface area (Å²) in [6.07, 6.45) is 1.01. The lowest BCUT2D eigenvalue weighted by Gasteiger charge is -2.08. The van der Waals surface area contributed by atoms with Gasteiger partial charge in [-0.25, -0.2) is 9.97 Å². The number of rotatable bonds is 3. The molecule has 0 amide bonds. The van der Waals surface area contributed by atoms with E-state index in [-0.39, 0.29) is 0 Å². The molecule has 0 aliphatic heterocycles. The largest absolute Gasteiger partial charge is 0.319 e. The summed E-state index contributed by atoms with van der Waals surface area (Å²) in [6, 6.07) is 0. The zero-order valence-electron chi connectivity index (χ0n) is 8.81. The fraction of sp³-hybridized carbons (Fsp3) is 0.600. The van der Waals surface area contributed by atoms with Crippen molar-refractivity contribution in [3.63, 3.8) is 0 Å². The summed E-state index contributed by atoms with van der Waals surface area (Å²) in [7, 11) is 1.96. The highest BCUT2D eigenvalue weighted by Gasteiger charge is 2.05. The molecule has 1 aromatic rings. The molecular weight excluding hydrogens is 162 g/mol. The van der Waals surface area contributed by atoms with Gasteiger partial charge in [0, 0.05) is 11.4 Å². The average molecular weight is 179 g/mol. The van der Waals surface area contributed by atoms with Crippen molar-refractivity contribution in [2.24, 2.45) is 0 Å². The molecule has 72 valence electrons. The second-order valence-electron chi connectivity index (χ2n) is 3.27. The van der Waals surface area contributed by atoms with E-state index < -0.39 is 0 Å². The summed E-state index contributed by atoms with van der Waals surface area (Å²) in [5.74, 6) is 0.864. The van der Waals surface area contributed by atoms with Gasteiger partial charge in [0.05, 0.1) is 0 Å². The van der Waals surface area contributed by atoms with Crippen LogP contribution in [-0.4, -0.2) is 23.6 Å². The molecule has 0 aliphatic rings. The first-order valence-corrected chi connectivity index (χ1v) is 4.60. The molecule has 3 heteroatoms. The van der Waals surface area contributed by atoms with Gasteiger partial charge >= 0.3 is 0 Å². The van der Waals surface area contributed by atoms with Crippen molar-refractivity contribution in [3.8, 4) is 0 Å². The van der Waals surface area contributed by atoms with Crippen molar-refractivity contribution in [1.82, 2.24) is 15.3 Å². The van der Waals surface area contributed by atoms with Crippen molar-refractivity contribution >= 4 is 0 Å². The van der Waals surface area contributed by atoms with Crippen LogP contribution in [0.1, 0.15) is 22.8 Å². The second kappa shape index (κ2) is 4.33. The maximum Gasteiger partial charge on any atom is 0.125 e. The number of hydrogen-bond acceptors (Lipinski definition) is 3. The smallest absolute Gasteiger partial charge is 0.125 e. The van der Waals surface area contributed by atoms with E-state index in [0.29, 0.717) is 0 Å². The minimum absolute atomic E-state index is 0.864. The van der Waals surface area contributed by atoms with Crippen LogP contribution < -0.4 is 5.32 Å². The topological polar surface area (TPSA) is 37.8 Å². The number of hydrogen-bond donors (Lipinski definition) is 1. The Balaban J connectivity index is 2.92. The highest BCUT2D eigenvalue weighted by molar-refractivity contribution is 5.24. The molecule has 0 radical (unpaired) electrons. The zero-order chi connectivity index (χ0) is 9.84. The zero-order valence-corrected chi connectivity index (χ0v) is 8.81. The lowest BCUT2D eigenvalue weighted by Crippen LogP contribution is -2.13. The van der Waals surface area contributed by atoms with Crippen molar-refractivity contribution in [2.45, 2.75) is 27.2 Å². The predicted molar refractivity (Wildman–Crippen MR) is 53.9 cm³/mol. The van der Waals surface area contributed by atoms with E-state index in [0.717, 1.165) is 30.2 Å². The fourth-order valence-electron chi connectivity index (χ4n) is 1.52. The second-order valence-corrected chi connectivity index (χ2v) is 3.27. The Hall–Kier alpha value is -0.960. The van der Waals surface area contributed by atoms with Crippen molar-refractivity contribution < 1.29 is 0 Å². The van der Waals surface area contributed by atoms with E-state index in [1.807, 2.05) is 27.8 Å². The third-order valence-electron chi connectivity index (χ3n) is 2.16. The monoisotopic (exact) mass is 179 g/mol. The maximum atomic E-state index is 4.35. The van der Waals surface area contributed by atoms with Crippen LogP contribution in [0.2, 0.25) is 0 Å². The summed E-state index contributed by atoms with van der Waals surface area (Å²) in [6.45, 7) is 7.01. The van der Waals surface area contributed by atoms with Crippen LogP contribution in [0.3, 0.4) is 0 Å². The standard InChI is InChI=1S/C10H17N3/c1-7-10(5-6-11-4)8(2)13-9(3)12-7/h11H,5-6H2,1-4H3. The van der Waals surface area contributed by atoms with E-state index >= 15 is 0 Å². The molecule has 0 atom stereocenters. The Kier molecular flexibility index (Phi) is 3.37. The Morgan fingerprint density at radius 1 is 1.08 bits per heavy atom. The molecule has 0 fully saturated rings. The van der Waals surface area contributed by atoms with Gasteiger partial charge in [0.1, 0.15) is 5.82 Å². The first-order valence-electron chi connectivity index (χ1n) is 4.60. The van der Waals surface area contributed by atoms with Gasteiger partial charge in [0.25, 0.3) is 0 Å². The molecular formula is C10H17N3. The Bertz CT molecular complexity index is 271. The molecule has 1 rings (SSSR count). The van der Waals surface area contributed by atoms with Gasteiger partial charge in [-0.2, -0.15) is 0 Å². The van der Waals surface area contributed by atoms with Crippen LogP contribution in [0, 0.1) is 20.8 Å². The average Bonchev–Trinajstić information content (AvgIpc) is 2.02. The molecule has 13 heavy (non-hydrogen) atoms. The minimum atomic E-state index is 0.864. The molecule has 0 aliphatic carbocycles. The Labute approximate surface area is 79.6 Å². The van der Waals surface area contributed by atoms with Crippen LogP contribution in [0.15, 0.2) is 0 Å². The highest BCUT2D eigenvalue weighted by Crippen LogP contribution is 2.09. The molecule has 0 saturated carbocycles. The lowest BCUT2D eigenvalue weighted by molar-refractivity contribution is 0.769. The Morgan fingerprint density at radius 2 is 1.62 bits per heavy atom. The summed E-state index contributed by atoms with van der Waals surface area (Å²) < 4.78 is 0. The van der Waals surface area contributed by atoms with Gasteiger partial charge in [-0.15, -0.1) is 0 Å². The molecule has 0 unspecified atom stereocenters. The highest BCUT2D eigenvalue weighted by atomic mass is 14.9. The van der Waals surface area contributed by atoms with Gasteiger partial charge in [-0.05, 0) is 46.3 Å². The van der Waals surface area contributed by atoms with Crippen molar-refractivity contribution in [2.75, 3.05) is 13.6 Å². The lowest BCUT2D eigenvalue weighted by atomic mass is 10.1. The molecule has 1 aromatic heterocycles. The van der Waals surface area contributed by atoms with Crippen LogP contribution in [-0.2, 0) is 6.42 Å². The van der Waals surface area contributed by atoms with E-state index in [1.165, 1.54) is 5.56 Å². The molecule has 0 aromatic carbocycles. The van der Waals surface area contributed by atoms with E-state index in [9.17, 15) is 0 Å². The number of nitrogens with zero attached hydrogens (tertiary/aromatic N) is 2. The molecule has 0 spiro atoms. The van der Waals surface area contributed by atoms with Gasteiger partial charge in [0.15, 0.2) is 0 Å². The summed E-state index contributed by atoms with van der Waals surface area (Å²) in [5, 5.41) is 3.13. The van der Waals surface area contributed by atoms with Gasteiger partial charge < -0.3 is 5.32 Å². The Morgan fingerprint density at radius 3 is 2.08 bits per heavy atom. The number of likely N-dealkylation sites (N-methyl/N-ethyl adjacent to an activating group) is 1.